The molecule has 2 aliphatic heterocycles. The highest BCUT2D eigenvalue weighted by Crippen LogP contribution is 2.35. The lowest BCUT2D eigenvalue weighted by atomic mass is 10.1. The van der Waals surface area contributed by atoms with E-state index in [0.29, 0.717) is 0 Å². The molecule has 0 aromatic carbocycles. The Balaban J connectivity index is 2.12. The van der Waals surface area contributed by atoms with Crippen LogP contribution in [0.4, 0.5) is 0 Å². The van der Waals surface area contributed by atoms with Crippen molar-refractivity contribution >= 4 is 0 Å². The summed E-state index contributed by atoms with van der Waals surface area (Å²) in [7, 11) is 0. The Morgan fingerprint density at radius 3 is 2.54 bits per heavy atom. The number of fused-ring (bicyclic) bond motifs is 1. The summed E-state index contributed by atoms with van der Waals surface area (Å²) in [6.07, 6.45) is 0.0714. The molecule has 2 N–H and O–H groups in total. The maximum Gasteiger partial charge on any atom is 0.163 e. The van der Waals surface area contributed by atoms with Crippen LogP contribution in [0.5, 0.6) is 0 Å². The van der Waals surface area contributed by atoms with Crippen LogP contribution >= 0.6 is 0 Å². The van der Waals surface area contributed by atoms with Crippen molar-refractivity contribution in [1.29, 1.82) is 0 Å². The summed E-state index contributed by atoms with van der Waals surface area (Å²) in [4.78, 5) is 0. The van der Waals surface area contributed by atoms with E-state index in [4.69, 9.17) is 14.6 Å². The first-order valence-electron chi connectivity index (χ1n) is 4.76. The number of rotatable bonds is 1. The predicted molar refractivity (Wildman–Crippen MR) is 47.3 cm³/mol. The maximum absolute atomic E-state index is 9.10. The van der Waals surface area contributed by atoms with E-state index in [2.05, 4.69) is 12.2 Å². The average Bonchev–Trinajstić information content (AvgIpc) is 2.47. The fraction of sp³-hybridized carbons (Fsp3) is 1.00. The topological polar surface area (TPSA) is 50.7 Å². The molecule has 0 aromatic heterocycles. The van der Waals surface area contributed by atoms with Crippen molar-refractivity contribution in [2.24, 2.45) is 0 Å². The van der Waals surface area contributed by atoms with Crippen LogP contribution < -0.4 is 5.32 Å². The van der Waals surface area contributed by atoms with Crippen molar-refractivity contribution in [1.82, 2.24) is 5.32 Å². The molecule has 2 aliphatic rings. The fourth-order valence-electron chi connectivity index (χ4n) is 2.20. The number of aliphatic hydroxyl groups is 1. The van der Waals surface area contributed by atoms with Gasteiger partial charge in [-0.2, -0.15) is 0 Å². The van der Waals surface area contributed by atoms with E-state index in [1.165, 1.54) is 0 Å². The van der Waals surface area contributed by atoms with Gasteiger partial charge in [0.1, 0.15) is 12.2 Å². The molecule has 0 spiro atoms. The number of ether oxygens (including phenoxy) is 2. The van der Waals surface area contributed by atoms with Crippen LogP contribution in [0, 0.1) is 0 Å². The molecule has 0 aromatic rings. The van der Waals surface area contributed by atoms with Crippen LogP contribution in [0.3, 0.4) is 0 Å². The van der Waals surface area contributed by atoms with Crippen LogP contribution in [0.15, 0.2) is 0 Å². The minimum absolute atomic E-state index is 0.00463. The first-order valence-corrected chi connectivity index (χ1v) is 4.76. The normalized spacial score (nSPS) is 48.0. The lowest BCUT2D eigenvalue weighted by Gasteiger charge is -2.22. The van der Waals surface area contributed by atoms with E-state index < -0.39 is 5.79 Å². The summed E-state index contributed by atoms with van der Waals surface area (Å²) in [6, 6.07) is 0.269. The molecule has 0 bridgehead atoms. The van der Waals surface area contributed by atoms with Gasteiger partial charge in [-0.25, -0.2) is 0 Å². The molecule has 2 saturated heterocycles. The van der Waals surface area contributed by atoms with Gasteiger partial charge in [-0.1, -0.05) is 0 Å². The molecule has 0 unspecified atom stereocenters. The third kappa shape index (κ3) is 1.48. The molecule has 0 aliphatic carbocycles. The molecule has 2 heterocycles. The Morgan fingerprint density at radius 2 is 1.92 bits per heavy atom. The maximum atomic E-state index is 9.10. The van der Waals surface area contributed by atoms with E-state index >= 15 is 0 Å². The largest absolute Gasteiger partial charge is 0.395 e. The number of hydrogen-bond donors (Lipinski definition) is 2. The van der Waals surface area contributed by atoms with Crippen LogP contribution in [0.1, 0.15) is 20.8 Å². The van der Waals surface area contributed by atoms with Gasteiger partial charge in [0.15, 0.2) is 5.79 Å². The van der Waals surface area contributed by atoms with Crippen LogP contribution in [0.2, 0.25) is 0 Å². The molecule has 4 nitrogen and oxygen atoms in total. The highest BCUT2D eigenvalue weighted by molar-refractivity contribution is 5.02. The van der Waals surface area contributed by atoms with E-state index in [0.717, 1.165) is 0 Å². The predicted octanol–water partition coefficient (Wildman–Crippen LogP) is -0.141. The third-order valence-electron chi connectivity index (χ3n) is 2.73. The second-order valence-corrected chi connectivity index (χ2v) is 4.31. The van der Waals surface area contributed by atoms with Crippen LogP contribution in [-0.2, 0) is 9.47 Å². The van der Waals surface area contributed by atoms with Crippen molar-refractivity contribution in [2.45, 2.75) is 50.8 Å². The zero-order valence-electron chi connectivity index (χ0n) is 8.28. The first-order chi connectivity index (χ1) is 6.03. The molecule has 0 amide bonds. The molecular weight excluding hydrogens is 170 g/mol. The van der Waals surface area contributed by atoms with Gasteiger partial charge in [-0.15, -0.1) is 0 Å². The zero-order valence-corrected chi connectivity index (χ0v) is 8.28. The van der Waals surface area contributed by atoms with Crippen molar-refractivity contribution < 1.29 is 14.6 Å². The smallest absolute Gasteiger partial charge is 0.163 e. The lowest BCUT2D eigenvalue weighted by Crippen LogP contribution is -2.39. The van der Waals surface area contributed by atoms with Gasteiger partial charge in [-0.3, -0.25) is 0 Å². The second kappa shape index (κ2) is 2.92. The highest BCUT2D eigenvalue weighted by Gasteiger charge is 2.51. The Morgan fingerprint density at radius 1 is 1.31 bits per heavy atom. The van der Waals surface area contributed by atoms with Crippen molar-refractivity contribution in [3.05, 3.63) is 0 Å². The Kier molecular flexibility index (Phi) is 2.11. The van der Waals surface area contributed by atoms with Crippen molar-refractivity contribution in [2.75, 3.05) is 6.61 Å². The summed E-state index contributed by atoms with van der Waals surface area (Å²) in [5, 5.41) is 12.3. The summed E-state index contributed by atoms with van der Waals surface area (Å²) >= 11 is 0. The monoisotopic (exact) mass is 187 g/mol. The summed E-state index contributed by atoms with van der Waals surface area (Å²) < 4.78 is 11.4. The molecule has 2 rings (SSSR count). The van der Waals surface area contributed by atoms with Gasteiger partial charge in [-0.05, 0) is 20.8 Å². The Labute approximate surface area is 78.2 Å². The van der Waals surface area contributed by atoms with E-state index in [1.54, 1.807) is 0 Å². The fourth-order valence-corrected chi connectivity index (χ4v) is 2.20. The SMILES string of the molecule is C[C@H]1N[C@@H](CO)[C@@H]2OC(C)(C)O[C@@H]21. The molecule has 4 heteroatoms. The van der Waals surface area contributed by atoms with Gasteiger partial charge in [0.05, 0.1) is 12.6 Å². The van der Waals surface area contributed by atoms with Crippen molar-refractivity contribution in [3.8, 4) is 0 Å². The van der Waals surface area contributed by atoms with Gasteiger partial charge < -0.3 is 19.9 Å². The van der Waals surface area contributed by atoms with Gasteiger partial charge in [0.2, 0.25) is 0 Å². The highest BCUT2D eigenvalue weighted by atomic mass is 16.8. The Hall–Kier alpha value is -0.160. The molecule has 13 heavy (non-hydrogen) atoms. The molecule has 0 saturated carbocycles. The standard InChI is InChI=1S/C9H17NO3/c1-5-7-8(6(4-11)10-5)13-9(2,3)12-7/h5-8,10-11H,4H2,1-3H3/t5-,6+,7-,8+/m1/s1. The molecule has 76 valence electrons. The second-order valence-electron chi connectivity index (χ2n) is 4.31. The molecular formula is C9H17NO3. The molecule has 0 radical (unpaired) electrons. The first kappa shape index (κ1) is 9.40. The number of aliphatic hydroxyl groups excluding tert-OH is 1. The number of hydrogen-bond acceptors (Lipinski definition) is 4. The summed E-state index contributed by atoms with van der Waals surface area (Å²) in [5.41, 5.74) is 0. The molecule has 2 fully saturated rings. The minimum Gasteiger partial charge on any atom is -0.395 e. The summed E-state index contributed by atoms with van der Waals surface area (Å²) in [6.45, 7) is 5.97. The van der Waals surface area contributed by atoms with Gasteiger partial charge in [0, 0.05) is 6.04 Å². The number of nitrogens with one attached hydrogen (secondary N) is 1. The average molecular weight is 187 g/mol. The van der Waals surface area contributed by atoms with Gasteiger partial charge in [0.25, 0.3) is 0 Å². The summed E-state index contributed by atoms with van der Waals surface area (Å²) in [5.74, 6) is -0.501. The van der Waals surface area contributed by atoms with E-state index in [9.17, 15) is 0 Å². The third-order valence-corrected chi connectivity index (χ3v) is 2.73. The lowest BCUT2D eigenvalue weighted by molar-refractivity contribution is -0.157. The zero-order chi connectivity index (χ0) is 9.64. The van der Waals surface area contributed by atoms with E-state index in [1.807, 2.05) is 13.8 Å². The van der Waals surface area contributed by atoms with Crippen LogP contribution in [-0.4, -0.2) is 41.8 Å². The van der Waals surface area contributed by atoms with Gasteiger partial charge >= 0.3 is 0 Å². The minimum atomic E-state index is -0.501. The van der Waals surface area contributed by atoms with E-state index in [-0.39, 0.29) is 30.9 Å². The molecule has 4 atom stereocenters. The quantitative estimate of drug-likeness (QED) is 0.600. The Bertz CT molecular complexity index is 207. The van der Waals surface area contributed by atoms with Crippen LogP contribution in [0.25, 0.3) is 0 Å². The van der Waals surface area contributed by atoms with Crippen molar-refractivity contribution in [3.63, 3.8) is 0 Å².